The van der Waals surface area contributed by atoms with Gasteiger partial charge in [0.05, 0.1) is 35.2 Å². The van der Waals surface area contributed by atoms with Gasteiger partial charge in [0.1, 0.15) is 5.75 Å². The average Bonchev–Trinajstić information content (AvgIpc) is 3.29. The summed E-state index contributed by atoms with van der Waals surface area (Å²) in [6, 6.07) is 16.7. The van der Waals surface area contributed by atoms with Crippen molar-refractivity contribution in [1.29, 1.82) is 0 Å². The highest BCUT2D eigenvalue weighted by molar-refractivity contribution is 6.43. The van der Waals surface area contributed by atoms with E-state index in [1.165, 1.54) is 24.3 Å². The van der Waals surface area contributed by atoms with Crippen molar-refractivity contribution in [3.8, 4) is 5.75 Å². The van der Waals surface area contributed by atoms with Gasteiger partial charge in [-0.05, 0) is 72.1 Å². The molecule has 6 rings (SSSR count). The zero-order valence-corrected chi connectivity index (χ0v) is 25.0. The molecule has 3 aromatic rings. The monoisotopic (exact) mass is 610 g/mol. The van der Waals surface area contributed by atoms with Gasteiger partial charge in [-0.3, -0.25) is 19.7 Å². The van der Waals surface area contributed by atoms with Crippen molar-refractivity contribution in [3.05, 3.63) is 93.1 Å². The largest absolute Gasteiger partial charge is 0.507 e. The second-order valence-electron chi connectivity index (χ2n) is 12.1. The molecule has 2 heterocycles. The molecule has 2 saturated heterocycles. The number of aliphatic hydroxyl groups is 1. The standard InChI is InChI=1S/C34H35BN2O8/c1-2-6-20(15-21-12-13-29(39)26-10-4-3-9-25(21)26)11-14-30-31-22(19-38)16-27-32(28(31)18-35(42)45-30)34(41)36(33(27)40)23-7-5-8-24(17-23)37(43)44/h3-5,7-10,12-13,15,17,27-28,30,32,38-39,42H,2,6,11,14,16,18-19H2,1H3/b20-15+/t27-,28+,30-,32-/m1/s1. The van der Waals surface area contributed by atoms with Crippen molar-refractivity contribution in [2.75, 3.05) is 11.5 Å². The molecular formula is C34H35BN2O8. The van der Waals surface area contributed by atoms with Crippen LogP contribution in [-0.4, -0.2) is 51.8 Å². The number of carbonyl (C=O) groups excluding carboxylic acids is 2. The zero-order chi connectivity index (χ0) is 31.8. The number of phenols is 1. The normalized spacial score (nSPS) is 23.5. The summed E-state index contributed by atoms with van der Waals surface area (Å²) in [4.78, 5) is 39.3. The first kappa shape index (κ1) is 30.7. The first-order valence-corrected chi connectivity index (χ1v) is 15.4. The van der Waals surface area contributed by atoms with E-state index in [4.69, 9.17) is 4.65 Å². The summed E-state index contributed by atoms with van der Waals surface area (Å²) in [6.45, 7) is 1.80. The maximum atomic E-state index is 13.9. The van der Waals surface area contributed by atoms with E-state index in [0.717, 1.165) is 45.2 Å². The molecule has 0 bridgehead atoms. The van der Waals surface area contributed by atoms with Crippen LogP contribution in [0, 0.1) is 27.9 Å². The predicted octanol–water partition coefficient (Wildman–Crippen LogP) is 5.41. The van der Waals surface area contributed by atoms with Gasteiger partial charge in [0.15, 0.2) is 0 Å². The van der Waals surface area contributed by atoms with E-state index in [-0.39, 0.29) is 36.5 Å². The number of hydrogen-bond acceptors (Lipinski definition) is 8. The Kier molecular flexibility index (Phi) is 8.59. The number of hydrogen-bond donors (Lipinski definition) is 3. The lowest BCUT2D eigenvalue weighted by Gasteiger charge is -2.43. The van der Waals surface area contributed by atoms with Gasteiger partial charge >= 0.3 is 7.12 Å². The van der Waals surface area contributed by atoms with Gasteiger partial charge in [-0.25, -0.2) is 4.90 Å². The van der Waals surface area contributed by atoms with E-state index in [2.05, 4.69) is 13.0 Å². The molecule has 0 aromatic heterocycles. The number of carbonyl (C=O) groups is 2. The lowest BCUT2D eigenvalue weighted by molar-refractivity contribution is -0.384. The number of anilines is 1. The SMILES string of the molecule is CCC/C(=C\c1ccc(O)c2ccccc12)CC[C@H]1OB(O)C[C@H]2C1=C(CO)C[C@H]1C(=O)N(c3cccc([N+](=O)[O-])c3)C(=O)[C@H]12. The molecule has 11 heteroatoms. The highest BCUT2D eigenvalue weighted by Gasteiger charge is 2.57. The Morgan fingerprint density at radius 3 is 2.58 bits per heavy atom. The molecule has 0 radical (unpaired) electrons. The van der Waals surface area contributed by atoms with E-state index in [9.17, 15) is 34.9 Å². The summed E-state index contributed by atoms with van der Waals surface area (Å²) in [5, 5.41) is 44.7. The van der Waals surface area contributed by atoms with Crippen molar-refractivity contribution < 1.29 is 34.4 Å². The molecule has 45 heavy (non-hydrogen) atoms. The van der Waals surface area contributed by atoms with Crippen LogP contribution in [-0.2, 0) is 14.2 Å². The van der Waals surface area contributed by atoms with Crippen LogP contribution in [0.2, 0.25) is 6.32 Å². The molecule has 0 spiro atoms. The van der Waals surface area contributed by atoms with Gasteiger partial charge in [0.25, 0.3) is 5.69 Å². The highest BCUT2D eigenvalue weighted by atomic mass is 16.6. The molecule has 0 saturated carbocycles. The highest BCUT2D eigenvalue weighted by Crippen LogP contribution is 2.51. The summed E-state index contributed by atoms with van der Waals surface area (Å²) in [5.41, 5.74) is 3.48. The second kappa shape index (κ2) is 12.6. The van der Waals surface area contributed by atoms with Gasteiger partial charge in [-0.1, -0.05) is 61.4 Å². The van der Waals surface area contributed by atoms with Crippen LogP contribution >= 0.6 is 0 Å². The number of phenolic OH excluding ortho intramolecular Hbond substituents is 1. The number of fused-ring (bicyclic) bond motifs is 4. The Morgan fingerprint density at radius 1 is 1.07 bits per heavy atom. The van der Waals surface area contributed by atoms with Crippen molar-refractivity contribution in [3.63, 3.8) is 0 Å². The second-order valence-corrected chi connectivity index (χ2v) is 12.1. The molecular weight excluding hydrogens is 575 g/mol. The van der Waals surface area contributed by atoms with Gasteiger partial charge in [-0.15, -0.1) is 0 Å². The number of amides is 2. The van der Waals surface area contributed by atoms with Crippen molar-refractivity contribution >= 4 is 47.2 Å². The van der Waals surface area contributed by atoms with Crippen molar-refractivity contribution in [1.82, 2.24) is 0 Å². The van der Waals surface area contributed by atoms with Crippen LogP contribution in [0.1, 0.15) is 44.6 Å². The number of imide groups is 1. The van der Waals surface area contributed by atoms with E-state index in [1.807, 2.05) is 30.3 Å². The summed E-state index contributed by atoms with van der Waals surface area (Å²) in [6.07, 6.45) is 4.74. The first-order valence-electron chi connectivity index (χ1n) is 15.4. The number of non-ortho nitro benzene ring substituents is 1. The van der Waals surface area contributed by atoms with Crippen molar-refractivity contribution in [2.24, 2.45) is 17.8 Å². The smallest absolute Gasteiger partial charge is 0.455 e. The molecule has 3 aromatic carbocycles. The summed E-state index contributed by atoms with van der Waals surface area (Å²) < 4.78 is 6.06. The Hall–Kier alpha value is -4.32. The van der Waals surface area contributed by atoms with Gasteiger partial charge < -0.3 is 19.9 Å². The van der Waals surface area contributed by atoms with Gasteiger partial charge in [0, 0.05) is 17.5 Å². The minimum absolute atomic E-state index is 0.107. The molecule has 0 unspecified atom stereocenters. The maximum Gasteiger partial charge on any atom is 0.455 e. The van der Waals surface area contributed by atoms with Crippen molar-refractivity contribution in [2.45, 2.75) is 51.5 Å². The molecule has 2 aliphatic heterocycles. The third kappa shape index (κ3) is 5.67. The quantitative estimate of drug-likeness (QED) is 0.0957. The third-order valence-corrected chi connectivity index (χ3v) is 9.39. The van der Waals surface area contributed by atoms with Crippen LogP contribution < -0.4 is 4.90 Å². The van der Waals surface area contributed by atoms with E-state index in [1.54, 1.807) is 6.07 Å². The molecule has 2 fully saturated rings. The zero-order valence-electron chi connectivity index (χ0n) is 25.0. The average molecular weight is 610 g/mol. The minimum Gasteiger partial charge on any atom is -0.507 e. The lowest BCUT2D eigenvalue weighted by Crippen LogP contribution is -2.46. The topological polar surface area (TPSA) is 150 Å². The first-order chi connectivity index (χ1) is 21.7. The summed E-state index contributed by atoms with van der Waals surface area (Å²) in [5.74, 6) is -2.71. The molecule has 3 aliphatic rings. The Balaban J connectivity index is 1.29. The number of rotatable bonds is 9. The number of allylic oxidation sites excluding steroid dienone is 1. The van der Waals surface area contributed by atoms with Gasteiger partial charge in [-0.2, -0.15) is 0 Å². The molecule has 2 amide bonds. The van der Waals surface area contributed by atoms with E-state index in [0.29, 0.717) is 18.4 Å². The number of aromatic hydroxyl groups is 1. The van der Waals surface area contributed by atoms with E-state index >= 15 is 0 Å². The van der Waals surface area contributed by atoms with Crippen LogP contribution in [0.15, 0.2) is 77.4 Å². The molecule has 232 valence electrons. The van der Waals surface area contributed by atoms with E-state index < -0.39 is 47.7 Å². The molecule has 10 nitrogen and oxygen atoms in total. The Morgan fingerprint density at radius 2 is 1.84 bits per heavy atom. The Bertz CT molecular complexity index is 1740. The summed E-state index contributed by atoms with van der Waals surface area (Å²) in [7, 11) is -1.16. The maximum absolute atomic E-state index is 13.9. The summed E-state index contributed by atoms with van der Waals surface area (Å²) >= 11 is 0. The molecule has 1 aliphatic carbocycles. The minimum atomic E-state index is -1.16. The predicted molar refractivity (Wildman–Crippen MR) is 170 cm³/mol. The number of nitro groups is 1. The molecule has 3 N–H and O–H groups in total. The fourth-order valence-electron chi connectivity index (χ4n) is 7.47. The van der Waals surface area contributed by atoms with Crippen LogP contribution in [0.3, 0.4) is 0 Å². The number of benzene rings is 3. The van der Waals surface area contributed by atoms with Crippen LogP contribution in [0.4, 0.5) is 11.4 Å². The Labute approximate surface area is 260 Å². The molecule has 4 atom stereocenters. The third-order valence-electron chi connectivity index (χ3n) is 9.39. The van der Waals surface area contributed by atoms with Crippen LogP contribution in [0.25, 0.3) is 16.8 Å². The number of nitro benzene ring substituents is 1. The fourth-order valence-corrected chi connectivity index (χ4v) is 7.47. The van der Waals surface area contributed by atoms with Gasteiger partial charge in [0.2, 0.25) is 11.8 Å². The lowest BCUT2D eigenvalue weighted by atomic mass is 9.58. The number of nitrogens with zero attached hydrogens (tertiary/aromatic N) is 2. The fraction of sp³-hybridized carbons (Fsp3) is 0.353. The van der Waals surface area contributed by atoms with Crippen LogP contribution in [0.5, 0.6) is 5.75 Å². The number of aliphatic hydroxyl groups excluding tert-OH is 1.